The minimum atomic E-state index is -3.77. The molecule has 0 bridgehead atoms. The molecule has 0 radical (unpaired) electrons. The minimum absolute atomic E-state index is 0.149. The van der Waals surface area contributed by atoms with E-state index < -0.39 is 10.0 Å². The normalized spacial score (nSPS) is 11.1. The molecule has 28 heavy (non-hydrogen) atoms. The molecule has 0 aliphatic carbocycles. The topological polar surface area (TPSA) is 93.2 Å². The Bertz CT molecular complexity index is 1050. The second kappa shape index (κ2) is 8.26. The van der Waals surface area contributed by atoms with E-state index in [0.29, 0.717) is 23.7 Å². The standard InChI is InChI=1S/C20H22N4O3S/c1-14-4-6-16(7-5-14)13-21-19-10-11-20(23-22-19)24-28(25,26)18-9-8-17(27-3)12-15(18)2/h4-12H,13H2,1-3H3,(H,21,22)(H,23,24). The molecule has 0 saturated heterocycles. The van der Waals surface area contributed by atoms with Gasteiger partial charge in [-0.2, -0.15) is 0 Å². The maximum Gasteiger partial charge on any atom is 0.263 e. The molecule has 0 spiro atoms. The zero-order valence-corrected chi connectivity index (χ0v) is 16.7. The number of nitrogens with one attached hydrogen (secondary N) is 2. The van der Waals surface area contributed by atoms with Crippen LogP contribution in [0.15, 0.2) is 59.5 Å². The zero-order valence-electron chi connectivity index (χ0n) is 15.9. The van der Waals surface area contributed by atoms with Crippen molar-refractivity contribution in [3.05, 3.63) is 71.3 Å². The Labute approximate surface area is 164 Å². The quantitative estimate of drug-likeness (QED) is 0.633. The number of rotatable bonds is 7. The van der Waals surface area contributed by atoms with Gasteiger partial charge in [-0.3, -0.25) is 4.72 Å². The van der Waals surface area contributed by atoms with Crippen LogP contribution >= 0.6 is 0 Å². The van der Waals surface area contributed by atoms with E-state index in [0.717, 1.165) is 5.56 Å². The molecule has 0 unspecified atom stereocenters. The van der Waals surface area contributed by atoms with E-state index >= 15 is 0 Å². The van der Waals surface area contributed by atoms with E-state index in [1.54, 1.807) is 31.2 Å². The summed E-state index contributed by atoms with van der Waals surface area (Å²) >= 11 is 0. The number of ether oxygens (including phenoxy) is 1. The lowest BCUT2D eigenvalue weighted by molar-refractivity contribution is 0.414. The van der Waals surface area contributed by atoms with Gasteiger partial charge in [0.2, 0.25) is 0 Å². The van der Waals surface area contributed by atoms with Crippen LogP contribution < -0.4 is 14.8 Å². The Morgan fingerprint density at radius 2 is 1.61 bits per heavy atom. The number of hydrogen-bond donors (Lipinski definition) is 2. The van der Waals surface area contributed by atoms with Crippen molar-refractivity contribution in [3.8, 4) is 5.75 Å². The largest absolute Gasteiger partial charge is 0.497 e. The molecule has 7 nitrogen and oxygen atoms in total. The molecule has 0 aliphatic heterocycles. The smallest absolute Gasteiger partial charge is 0.263 e. The predicted octanol–water partition coefficient (Wildman–Crippen LogP) is 3.51. The number of aryl methyl sites for hydroxylation is 2. The summed E-state index contributed by atoms with van der Waals surface area (Å²) in [7, 11) is -2.24. The fourth-order valence-corrected chi connectivity index (χ4v) is 3.85. The molecular weight excluding hydrogens is 376 g/mol. The predicted molar refractivity (Wildman–Crippen MR) is 109 cm³/mol. The minimum Gasteiger partial charge on any atom is -0.497 e. The van der Waals surface area contributed by atoms with Crippen LogP contribution in [0.25, 0.3) is 0 Å². The van der Waals surface area contributed by atoms with Gasteiger partial charge in [0.1, 0.15) is 11.6 Å². The zero-order chi connectivity index (χ0) is 20.1. The van der Waals surface area contributed by atoms with E-state index in [4.69, 9.17) is 4.74 Å². The van der Waals surface area contributed by atoms with E-state index in [1.807, 2.05) is 31.2 Å². The molecule has 0 saturated carbocycles. The van der Waals surface area contributed by atoms with Crippen molar-refractivity contribution in [3.63, 3.8) is 0 Å². The Morgan fingerprint density at radius 1 is 0.929 bits per heavy atom. The van der Waals surface area contributed by atoms with Crippen LogP contribution in [0.4, 0.5) is 11.6 Å². The van der Waals surface area contributed by atoms with Crippen molar-refractivity contribution in [1.82, 2.24) is 10.2 Å². The van der Waals surface area contributed by atoms with Gasteiger partial charge in [-0.05, 0) is 55.3 Å². The molecule has 2 aromatic carbocycles. The highest BCUT2D eigenvalue weighted by molar-refractivity contribution is 7.92. The van der Waals surface area contributed by atoms with Gasteiger partial charge in [0.05, 0.1) is 12.0 Å². The molecule has 8 heteroatoms. The number of sulfonamides is 1. The van der Waals surface area contributed by atoms with Crippen LogP contribution in [0.2, 0.25) is 0 Å². The van der Waals surface area contributed by atoms with Gasteiger partial charge >= 0.3 is 0 Å². The van der Waals surface area contributed by atoms with Crippen LogP contribution in [0, 0.1) is 13.8 Å². The highest BCUT2D eigenvalue weighted by Gasteiger charge is 2.18. The highest BCUT2D eigenvalue weighted by Crippen LogP contribution is 2.23. The van der Waals surface area contributed by atoms with Gasteiger partial charge in [-0.15, -0.1) is 10.2 Å². The van der Waals surface area contributed by atoms with Crippen molar-refractivity contribution in [1.29, 1.82) is 0 Å². The summed E-state index contributed by atoms with van der Waals surface area (Å²) in [4.78, 5) is 0.164. The second-order valence-corrected chi connectivity index (χ2v) is 8.03. The molecule has 146 valence electrons. The lowest BCUT2D eigenvalue weighted by Crippen LogP contribution is -2.15. The Hall–Kier alpha value is -3.13. The van der Waals surface area contributed by atoms with Crippen molar-refractivity contribution in [2.45, 2.75) is 25.3 Å². The Morgan fingerprint density at radius 3 is 2.21 bits per heavy atom. The first-order valence-corrected chi connectivity index (χ1v) is 10.2. The molecule has 1 aromatic heterocycles. The Kier molecular flexibility index (Phi) is 5.79. The van der Waals surface area contributed by atoms with Crippen LogP contribution in [-0.4, -0.2) is 25.7 Å². The molecule has 1 heterocycles. The highest BCUT2D eigenvalue weighted by atomic mass is 32.2. The molecule has 3 aromatic rings. The van der Waals surface area contributed by atoms with Crippen molar-refractivity contribution in [2.24, 2.45) is 0 Å². The summed E-state index contributed by atoms with van der Waals surface area (Å²) in [6.45, 7) is 4.35. The van der Waals surface area contributed by atoms with E-state index in [-0.39, 0.29) is 10.7 Å². The first kappa shape index (κ1) is 19.6. The number of hydrogen-bond acceptors (Lipinski definition) is 6. The first-order valence-electron chi connectivity index (χ1n) is 8.68. The molecule has 0 atom stereocenters. The van der Waals surface area contributed by atoms with Gasteiger partial charge in [-0.25, -0.2) is 8.42 Å². The van der Waals surface area contributed by atoms with Crippen molar-refractivity contribution in [2.75, 3.05) is 17.1 Å². The van der Waals surface area contributed by atoms with E-state index in [1.165, 1.54) is 18.7 Å². The SMILES string of the molecule is COc1ccc(S(=O)(=O)Nc2ccc(NCc3ccc(C)cc3)nn2)c(C)c1. The molecule has 0 fully saturated rings. The van der Waals surface area contributed by atoms with Gasteiger partial charge in [0.25, 0.3) is 10.0 Å². The van der Waals surface area contributed by atoms with Crippen molar-refractivity contribution >= 4 is 21.7 Å². The van der Waals surface area contributed by atoms with Gasteiger partial charge in [0, 0.05) is 6.54 Å². The number of aromatic nitrogens is 2. The van der Waals surface area contributed by atoms with Gasteiger partial charge in [-0.1, -0.05) is 29.8 Å². The Balaban J connectivity index is 1.67. The fraction of sp³-hybridized carbons (Fsp3) is 0.200. The number of nitrogens with zero attached hydrogens (tertiary/aromatic N) is 2. The summed E-state index contributed by atoms with van der Waals surface area (Å²) < 4.78 is 32.8. The van der Waals surface area contributed by atoms with E-state index in [2.05, 4.69) is 20.2 Å². The molecular formula is C20H22N4O3S. The average Bonchev–Trinajstić information content (AvgIpc) is 2.68. The van der Waals surface area contributed by atoms with Crippen LogP contribution in [0.5, 0.6) is 5.75 Å². The third-order valence-electron chi connectivity index (χ3n) is 4.17. The molecule has 0 aliphatic rings. The van der Waals surface area contributed by atoms with Gasteiger partial charge < -0.3 is 10.1 Å². The summed E-state index contributed by atoms with van der Waals surface area (Å²) in [5.74, 6) is 1.31. The molecule has 0 amide bonds. The third-order valence-corrected chi connectivity index (χ3v) is 5.68. The lowest BCUT2D eigenvalue weighted by Gasteiger charge is -2.11. The number of methoxy groups -OCH3 is 1. The monoisotopic (exact) mass is 398 g/mol. The average molecular weight is 398 g/mol. The third kappa shape index (κ3) is 4.77. The second-order valence-electron chi connectivity index (χ2n) is 6.38. The fourth-order valence-electron chi connectivity index (χ4n) is 2.62. The first-order chi connectivity index (χ1) is 13.4. The maximum atomic E-state index is 12.6. The van der Waals surface area contributed by atoms with Crippen molar-refractivity contribution < 1.29 is 13.2 Å². The summed E-state index contributed by atoms with van der Waals surface area (Å²) in [5, 5.41) is 11.1. The van der Waals surface area contributed by atoms with Crippen LogP contribution in [-0.2, 0) is 16.6 Å². The molecule has 3 rings (SSSR count). The number of anilines is 2. The maximum absolute atomic E-state index is 12.6. The summed E-state index contributed by atoms with van der Waals surface area (Å²) in [6, 6.07) is 16.2. The van der Waals surface area contributed by atoms with Crippen LogP contribution in [0.3, 0.4) is 0 Å². The van der Waals surface area contributed by atoms with Crippen LogP contribution in [0.1, 0.15) is 16.7 Å². The van der Waals surface area contributed by atoms with Gasteiger partial charge in [0.15, 0.2) is 5.82 Å². The number of benzene rings is 2. The lowest BCUT2D eigenvalue weighted by atomic mass is 10.1. The summed E-state index contributed by atoms with van der Waals surface area (Å²) in [5.41, 5.74) is 2.90. The van der Waals surface area contributed by atoms with E-state index in [9.17, 15) is 8.42 Å². The molecule has 2 N–H and O–H groups in total. The summed E-state index contributed by atoms with van der Waals surface area (Å²) in [6.07, 6.45) is 0.